The minimum absolute atomic E-state index is 0.166. The van der Waals surface area contributed by atoms with Crippen molar-refractivity contribution < 1.29 is 18.8 Å². The van der Waals surface area contributed by atoms with E-state index in [1.807, 2.05) is 12.1 Å². The summed E-state index contributed by atoms with van der Waals surface area (Å²) in [6.07, 6.45) is 4.10. The molecule has 1 aliphatic rings. The maximum atomic E-state index is 13.1. The van der Waals surface area contributed by atoms with Gasteiger partial charge in [0.15, 0.2) is 11.6 Å². The van der Waals surface area contributed by atoms with Crippen LogP contribution in [0.1, 0.15) is 59.4 Å². The Bertz CT molecular complexity index is 959. The van der Waals surface area contributed by atoms with Gasteiger partial charge in [0.2, 0.25) is 0 Å². The van der Waals surface area contributed by atoms with Crippen molar-refractivity contribution in [1.82, 2.24) is 10.2 Å². The van der Waals surface area contributed by atoms with E-state index in [9.17, 15) is 18.8 Å². The second-order valence-electron chi connectivity index (χ2n) is 8.79. The zero-order valence-electron chi connectivity index (χ0n) is 19.3. The molecule has 0 bridgehead atoms. The third-order valence-corrected chi connectivity index (χ3v) is 5.98. The summed E-state index contributed by atoms with van der Waals surface area (Å²) < 4.78 is 13.1. The first-order valence-electron chi connectivity index (χ1n) is 11.5. The number of nitrogens with one attached hydrogen (secondary N) is 2. The maximum absolute atomic E-state index is 13.1. The average Bonchev–Trinajstić information content (AvgIpc) is 2.78. The van der Waals surface area contributed by atoms with E-state index in [-0.39, 0.29) is 23.4 Å². The molecule has 2 amide bonds. The molecule has 2 aromatic carbocycles. The molecule has 2 aromatic rings. The first-order valence-corrected chi connectivity index (χ1v) is 11.5. The van der Waals surface area contributed by atoms with Gasteiger partial charge in [-0.1, -0.05) is 12.1 Å². The van der Waals surface area contributed by atoms with E-state index in [0.717, 1.165) is 38.9 Å². The molecule has 0 radical (unpaired) electrons. The molecule has 7 heteroatoms. The number of ketones is 2. The first-order chi connectivity index (χ1) is 15.8. The van der Waals surface area contributed by atoms with Gasteiger partial charge in [0.05, 0.1) is 0 Å². The number of hydrogen-bond acceptors (Lipinski definition) is 4. The number of Topliss-reactive ketones (excluding diaryl/α,β-unsaturated/α-hetero) is 2. The second kappa shape index (κ2) is 11.7. The Kier molecular flexibility index (Phi) is 8.72. The van der Waals surface area contributed by atoms with Crippen LogP contribution in [-0.2, 0) is 6.42 Å². The number of piperidine rings is 1. The highest BCUT2D eigenvalue weighted by molar-refractivity contribution is 6.02. The first kappa shape index (κ1) is 24.6. The molecule has 0 unspecified atom stereocenters. The predicted octanol–water partition coefficient (Wildman–Crippen LogP) is 4.70. The van der Waals surface area contributed by atoms with E-state index in [0.29, 0.717) is 29.3 Å². The Balaban J connectivity index is 1.41. The van der Waals surface area contributed by atoms with E-state index in [4.69, 9.17) is 0 Å². The zero-order chi connectivity index (χ0) is 23.8. The summed E-state index contributed by atoms with van der Waals surface area (Å²) in [4.78, 5) is 38.1. The second-order valence-corrected chi connectivity index (χ2v) is 8.79. The molecular formula is C26H32FN3O3. The van der Waals surface area contributed by atoms with E-state index >= 15 is 0 Å². The SMILES string of the molecule is CC(=O)c1cc(NC(=O)NCCCN2CCC[C@@H](Cc3ccc(F)cc3)C2)cc(C(C)=O)c1. The van der Waals surface area contributed by atoms with Gasteiger partial charge in [0.25, 0.3) is 0 Å². The summed E-state index contributed by atoms with van der Waals surface area (Å²) in [5, 5.41) is 5.56. The van der Waals surface area contributed by atoms with Crippen LogP contribution in [0.3, 0.4) is 0 Å². The Morgan fingerprint density at radius 2 is 1.70 bits per heavy atom. The topological polar surface area (TPSA) is 78.5 Å². The average molecular weight is 454 g/mol. The summed E-state index contributed by atoms with van der Waals surface area (Å²) in [5.41, 5.74) is 2.37. The molecule has 176 valence electrons. The summed E-state index contributed by atoms with van der Waals surface area (Å²) in [5.74, 6) is 0.0255. The van der Waals surface area contributed by atoms with Crippen molar-refractivity contribution in [3.63, 3.8) is 0 Å². The minimum atomic E-state index is -0.363. The van der Waals surface area contributed by atoms with Gasteiger partial charge in [-0.2, -0.15) is 0 Å². The Hall–Kier alpha value is -3.06. The molecule has 1 fully saturated rings. The zero-order valence-corrected chi connectivity index (χ0v) is 19.3. The lowest BCUT2D eigenvalue weighted by Gasteiger charge is -2.32. The monoisotopic (exact) mass is 453 g/mol. The third kappa shape index (κ3) is 7.79. The fraction of sp³-hybridized carbons (Fsp3) is 0.423. The van der Waals surface area contributed by atoms with Crippen molar-refractivity contribution in [2.75, 3.05) is 31.5 Å². The van der Waals surface area contributed by atoms with Crippen LogP contribution < -0.4 is 10.6 Å². The van der Waals surface area contributed by atoms with E-state index in [1.165, 1.54) is 44.0 Å². The summed E-state index contributed by atoms with van der Waals surface area (Å²) >= 11 is 0. The molecule has 6 nitrogen and oxygen atoms in total. The molecular weight excluding hydrogens is 421 g/mol. The minimum Gasteiger partial charge on any atom is -0.338 e. The van der Waals surface area contributed by atoms with E-state index < -0.39 is 0 Å². The van der Waals surface area contributed by atoms with Gasteiger partial charge < -0.3 is 15.5 Å². The number of amides is 2. The van der Waals surface area contributed by atoms with Crippen molar-refractivity contribution in [2.45, 2.75) is 39.5 Å². The van der Waals surface area contributed by atoms with Crippen molar-refractivity contribution in [1.29, 1.82) is 0 Å². The third-order valence-electron chi connectivity index (χ3n) is 5.98. The normalized spacial score (nSPS) is 16.3. The molecule has 3 rings (SSSR count). The highest BCUT2D eigenvalue weighted by Crippen LogP contribution is 2.21. The van der Waals surface area contributed by atoms with Crippen LogP contribution in [0.25, 0.3) is 0 Å². The lowest BCUT2D eigenvalue weighted by atomic mass is 9.91. The Morgan fingerprint density at radius 1 is 1.03 bits per heavy atom. The number of anilines is 1. The largest absolute Gasteiger partial charge is 0.338 e. The molecule has 0 aromatic heterocycles. The van der Waals surface area contributed by atoms with Crippen molar-refractivity contribution >= 4 is 23.3 Å². The fourth-order valence-electron chi connectivity index (χ4n) is 4.26. The van der Waals surface area contributed by atoms with Crippen LogP contribution in [0, 0.1) is 11.7 Å². The number of likely N-dealkylation sites (tertiary alicyclic amines) is 1. The quantitative estimate of drug-likeness (QED) is 0.426. The number of urea groups is 1. The summed E-state index contributed by atoms with van der Waals surface area (Å²) in [6.45, 7) is 6.33. The lowest BCUT2D eigenvalue weighted by molar-refractivity contribution is 0.101. The number of carbonyl (C=O) groups excluding carboxylic acids is 3. The molecule has 2 N–H and O–H groups in total. The summed E-state index contributed by atoms with van der Waals surface area (Å²) in [6, 6.07) is 11.1. The van der Waals surface area contributed by atoms with E-state index in [2.05, 4.69) is 15.5 Å². The van der Waals surface area contributed by atoms with Crippen molar-refractivity contribution in [2.24, 2.45) is 5.92 Å². The van der Waals surface area contributed by atoms with E-state index in [1.54, 1.807) is 12.1 Å². The Labute approximate surface area is 194 Å². The number of halogens is 1. The molecule has 0 saturated carbocycles. The molecule has 0 aliphatic carbocycles. The molecule has 1 saturated heterocycles. The van der Waals surface area contributed by atoms with Crippen molar-refractivity contribution in [3.8, 4) is 0 Å². The van der Waals surface area contributed by atoms with Gasteiger partial charge in [-0.3, -0.25) is 9.59 Å². The molecule has 33 heavy (non-hydrogen) atoms. The van der Waals surface area contributed by atoms with Gasteiger partial charge in [-0.25, -0.2) is 9.18 Å². The van der Waals surface area contributed by atoms with Crippen LogP contribution in [0.4, 0.5) is 14.9 Å². The molecule has 0 spiro atoms. The Morgan fingerprint density at radius 3 is 2.33 bits per heavy atom. The van der Waals surface area contributed by atoms with Gasteiger partial charge in [0, 0.05) is 29.9 Å². The maximum Gasteiger partial charge on any atom is 0.319 e. The summed E-state index contributed by atoms with van der Waals surface area (Å²) in [7, 11) is 0. The lowest BCUT2D eigenvalue weighted by Crippen LogP contribution is -2.38. The van der Waals surface area contributed by atoms with Gasteiger partial charge in [-0.15, -0.1) is 0 Å². The molecule has 1 heterocycles. The highest BCUT2D eigenvalue weighted by atomic mass is 19.1. The standard InChI is InChI=1S/C26H32FN3O3/c1-18(31)22-14-23(19(2)32)16-25(15-22)29-26(33)28-10-4-12-30-11-3-5-21(17-30)13-20-6-8-24(27)9-7-20/h6-9,14-16,21H,3-5,10-13,17H2,1-2H3,(H2,28,29,33)/t21-/m0/s1. The highest BCUT2D eigenvalue weighted by Gasteiger charge is 2.20. The smallest absolute Gasteiger partial charge is 0.319 e. The molecule has 1 aliphatic heterocycles. The van der Waals surface area contributed by atoms with Crippen LogP contribution in [0.2, 0.25) is 0 Å². The van der Waals surface area contributed by atoms with Crippen LogP contribution in [0.5, 0.6) is 0 Å². The van der Waals surface area contributed by atoms with Gasteiger partial charge in [0.1, 0.15) is 5.82 Å². The van der Waals surface area contributed by atoms with Gasteiger partial charge >= 0.3 is 6.03 Å². The molecule has 1 atom stereocenters. The number of carbonyl (C=O) groups is 3. The van der Waals surface area contributed by atoms with Crippen LogP contribution in [-0.4, -0.2) is 48.7 Å². The fourth-order valence-corrected chi connectivity index (χ4v) is 4.26. The van der Waals surface area contributed by atoms with Gasteiger partial charge in [-0.05, 0) is 94.4 Å². The number of benzene rings is 2. The van der Waals surface area contributed by atoms with Crippen LogP contribution >= 0.6 is 0 Å². The van der Waals surface area contributed by atoms with Crippen LogP contribution in [0.15, 0.2) is 42.5 Å². The number of nitrogens with zero attached hydrogens (tertiary/aromatic N) is 1. The predicted molar refractivity (Wildman–Crippen MR) is 127 cm³/mol. The number of hydrogen-bond donors (Lipinski definition) is 2. The number of rotatable bonds is 9. The van der Waals surface area contributed by atoms with Crippen molar-refractivity contribution in [3.05, 3.63) is 65.0 Å².